The van der Waals surface area contributed by atoms with Gasteiger partial charge < -0.3 is 15.2 Å². The molecule has 0 unspecified atom stereocenters. The van der Waals surface area contributed by atoms with Crippen molar-refractivity contribution in [1.82, 2.24) is 10.2 Å². The molecule has 2 saturated heterocycles. The van der Waals surface area contributed by atoms with Gasteiger partial charge in [-0.1, -0.05) is 30.3 Å². The number of nitrogens with zero attached hydrogens (tertiary/aromatic N) is 1. The van der Waals surface area contributed by atoms with Crippen LogP contribution in [0.1, 0.15) is 37.2 Å². The van der Waals surface area contributed by atoms with E-state index >= 15 is 0 Å². The number of amides is 1. The van der Waals surface area contributed by atoms with Gasteiger partial charge in [-0.15, -0.1) is 0 Å². The Balaban J connectivity index is 1.37. The fourth-order valence-corrected chi connectivity index (χ4v) is 4.58. The van der Waals surface area contributed by atoms with Gasteiger partial charge in [0.15, 0.2) is 0 Å². The first-order chi connectivity index (χ1) is 11.7. The molecule has 24 heavy (non-hydrogen) atoms. The summed E-state index contributed by atoms with van der Waals surface area (Å²) < 4.78 is 5.58. The molecule has 2 N–H and O–H groups in total. The Morgan fingerprint density at radius 3 is 2.62 bits per heavy atom. The van der Waals surface area contributed by atoms with E-state index in [2.05, 4.69) is 40.5 Å². The zero-order valence-electron chi connectivity index (χ0n) is 13.9. The van der Waals surface area contributed by atoms with Crippen LogP contribution in [0.3, 0.4) is 0 Å². The van der Waals surface area contributed by atoms with Gasteiger partial charge in [-0.2, -0.15) is 0 Å². The number of piperidine rings is 1. The number of hydrogen-bond acceptors (Lipinski definition) is 4. The number of carbonyl (C=O) groups is 1. The van der Waals surface area contributed by atoms with E-state index in [9.17, 15) is 9.90 Å². The highest BCUT2D eigenvalue weighted by molar-refractivity contribution is 5.78. The third-order valence-electron chi connectivity index (χ3n) is 5.91. The largest absolute Gasteiger partial charge is 0.391 e. The lowest BCUT2D eigenvalue weighted by Crippen LogP contribution is -2.62. The Hall–Kier alpha value is -1.43. The molecule has 1 saturated carbocycles. The Labute approximate surface area is 143 Å². The topological polar surface area (TPSA) is 61.8 Å². The first kappa shape index (κ1) is 16.1. The lowest BCUT2D eigenvalue weighted by atomic mass is 9.82. The molecule has 5 nitrogen and oxygen atoms in total. The second-order valence-electron chi connectivity index (χ2n) is 7.35. The first-order valence-electron chi connectivity index (χ1n) is 9.09. The highest BCUT2D eigenvalue weighted by Gasteiger charge is 2.42. The quantitative estimate of drug-likeness (QED) is 0.857. The van der Waals surface area contributed by atoms with E-state index < -0.39 is 0 Å². The highest BCUT2D eigenvalue weighted by atomic mass is 16.5. The van der Waals surface area contributed by atoms with E-state index in [1.54, 1.807) is 0 Å². The molecule has 0 aromatic heterocycles. The number of nitrogens with one attached hydrogen (secondary N) is 1. The Kier molecular flexibility index (Phi) is 4.57. The van der Waals surface area contributed by atoms with E-state index in [0.717, 1.165) is 32.4 Å². The Bertz CT molecular complexity index is 571. The molecule has 3 fully saturated rings. The average molecular weight is 330 g/mol. The molecule has 3 aliphatic rings. The summed E-state index contributed by atoms with van der Waals surface area (Å²) in [4.78, 5) is 14.0. The molecule has 4 atom stereocenters. The van der Waals surface area contributed by atoms with Gasteiger partial charge in [-0.05, 0) is 43.8 Å². The molecule has 0 bridgehead atoms. The molecule has 0 radical (unpaired) electrons. The summed E-state index contributed by atoms with van der Waals surface area (Å²) in [5, 5.41) is 13.6. The monoisotopic (exact) mass is 330 g/mol. The van der Waals surface area contributed by atoms with E-state index in [-0.39, 0.29) is 36.8 Å². The number of fused-ring (bicyclic) bond motifs is 1. The number of rotatable bonds is 2. The van der Waals surface area contributed by atoms with Crippen LogP contribution < -0.4 is 5.32 Å². The SMILES string of the molecule is O=C1CO[C@@H]2C[C@@H](O)[C@H](N3CCC(c4ccccc4)CC3)C[C@H]2N1. The predicted molar refractivity (Wildman–Crippen MR) is 90.7 cm³/mol. The van der Waals surface area contributed by atoms with Crippen LogP contribution in [0.4, 0.5) is 0 Å². The molecule has 1 aromatic carbocycles. The maximum Gasteiger partial charge on any atom is 0.246 e. The van der Waals surface area contributed by atoms with Crippen molar-refractivity contribution >= 4 is 5.91 Å². The van der Waals surface area contributed by atoms with Gasteiger partial charge in [-0.25, -0.2) is 0 Å². The minimum atomic E-state index is -0.366. The van der Waals surface area contributed by atoms with Crippen LogP contribution in [0.5, 0.6) is 0 Å². The van der Waals surface area contributed by atoms with E-state index in [0.29, 0.717) is 12.3 Å². The van der Waals surface area contributed by atoms with Crippen LogP contribution in [0, 0.1) is 0 Å². The van der Waals surface area contributed by atoms with Crippen LogP contribution in [-0.4, -0.2) is 59.9 Å². The number of carbonyl (C=O) groups excluding carboxylic acids is 1. The van der Waals surface area contributed by atoms with Gasteiger partial charge in [0.05, 0.1) is 18.2 Å². The number of morpholine rings is 1. The Morgan fingerprint density at radius 2 is 1.88 bits per heavy atom. The van der Waals surface area contributed by atoms with Crippen LogP contribution >= 0.6 is 0 Å². The molecule has 2 aliphatic heterocycles. The molecular formula is C19H26N2O3. The summed E-state index contributed by atoms with van der Waals surface area (Å²) >= 11 is 0. The molecule has 2 heterocycles. The van der Waals surface area contributed by atoms with Gasteiger partial charge in [0, 0.05) is 12.5 Å². The number of benzene rings is 1. The van der Waals surface area contributed by atoms with Crippen molar-refractivity contribution in [2.45, 2.75) is 55.9 Å². The molecule has 4 rings (SSSR count). The Morgan fingerprint density at radius 1 is 1.12 bits per heavy atom. The standard InChI is InChI=1S/C19H26N2O3/c22-17-11-18-15(20-19(23)12-24-18)10-16(17)21-8-6-14(7-9-21)13-4-2-1-3-5-13/h1-5,14-18,22H,6-12H2,(H,20,23)/t15-,16-,17-,18-/m1/s1. The molecule has 0 spiro atoms. The number of hydrogen-bond donors (Lipinski definition) is 2. The van der Waals surface area contributed by atoms with Gasteiger partial charge >= 0.3 is 0 Å². The summed E-state index contributed by atoms with van der Waals surface area (Å²) in [6.07, 6.45) is 3.27. The van der Waals surface area contributed by atoms with Crippen LogP contribution in [0.2, 0.25) is 0 Å². The normalized spacial score (nSPS) is 35.3. The molecule has 5 heteroatoms. The predicted octanol–water partition coefficient (Wildman–Crippen LogP) is 1.27. The first-order valence-corrected chi connectivity index (χ1v) is 9.09. The summed E-state index contributed by atoms with van der Waals surface area (Å²) in [6, 6.07) is 10.9. The number of ether oxygens (including phenoxy) is 1. The van der Waals surface area contributed by atoms with E-state index in [1.165, 1.54) is 5.56 Å². The van der Waals surface area contributed by atoms with E-state index in [4.69, 9.17) is 4.74 Å². The summed E-state index contributed by atoms with van der Waals surface area (Å²) in [5.74, 6) is 0.586. The number of aliphatic hydroxyl groups is 1. The lowest BCUT2D eigenvalue weighted by Gasteiger charge is -2.47. The second-order valence-corrected chi connectivity index (χ2v) is 7.35. The molecule has 1 aliphatic carbocycles. The maximum absolute atomic E-state index is 11.6. The van der Waals surface area contributed by atoms with Crippen molar-refractivity contribution in [2.24, 2.45) is 0 Å². The second kappa shape index (κ2) is 6.82. The lowest BCUT2D eigenvalue weighted by molar-refractivity contribution is -0.146. The summed E-state index contributed by atoms with van der Waals surface area (Å²) in [5.41, 5.74) is 1.43. The van der Waals surface area contributed by atoms with Crippen molar-refractivity contribution in [1.29, 1.82) is 0 Å². The van der Waals surface area contributed by atoms with Crippen LogP contribution in [0.15, 0.2) is 30.3 Å². The summed E-state index contributed by atoms with van der Waals surface area (Å²) in [7, 11) is 0. The van der Waals surface area contributed by atoms with Crippen LogP contribution in [0.25, 0.3) is 0 Å². The number of aliphatic hydroxyl groups excluding tert-OH is 1. The van der Waals surface area contributed by atoms with Crippen molar-refractivity contribution in [2.75, 3.05) is 19.7 Å². The van der Waals surface area contributed by atoms with Crippen molar-refractivity contribution in [3.63, 3.8) is 0 Å². The third-order valence-corrected chi connectivity index (χ3v) is 5.91. The molecule has 130 valence electrons. The highest BCUT2D eigenvalue weighted by Crippen LogP contribution is 2.33. The minimum absolute atomic E-state index is 0.0317. The summed E-state index contributed by atoms with van der Waals surface area (Å²) in [6.45, 7) is 2.14. The fraction of sp³-hybridized carbons (Fsp3) is 0.632. The average Bonchev–Trinajstić information content (AvgIpc) is 2.62. The fourth-order valence-electron chi connectivity index (χ4n) is 4.58. The van der Waals surface area contributed by atoms with Gasteiger partial charge in [-0.3, -0.25) is 9.69 Å². The molecular weight excluding hydrogens is 304 g/mol. The minimum Gasteiger partial charge on any atom is -0.391 e. The number of likely N-dealkylation sites (tertiary alicyclic amines) is 1. The zero-order valence-corrected chi connectivity index (χ0v) is 13.9. The zero-order chi connectivity index (χ0) is 16.5. The van der Waals surface area contributed by atoms with Gasteiger partial charge in [0.1, 0.15) is 6.61 Å². The smallest absolute Gasteiger partial charge is 0.246 e. The van der Waals surface area contributed by atoms with Crippen molar-refractivity contribution in [3.05, 3.63) is 35.9 Å². The molecule has 1 aromatic rings. The van der Waals surface area contributed by atoms with Gasteiger partial charge in [0.25, 0.3) is 0 Å². The van der Waals surface area contributed by atoms with E-state index in [1.807, 2.05) is 0 Å². The van der Waals surface area contributed by atoms with Gasteiger partial charge in [0.2, 0.25) is 5.91 Å². The van der Waals surface area contributed by atoms with Crippen LogP contribution in [-0.2, 0) is 9.53 Å². The maximum atomic E-state index is 11.6. The third kappa shape index (κ3) is 3.21. The van der Waals surface area contributed by atoms with Crippen molar-refractivity contribution < 1.29 is 14.6 Å². The van der Waals surface area contributed by atoms with Crippen molar-refractivity contribution in [3.8, 4) is 0 Å². The molecule has 1 amide bonds.